The van der Waals surface area contributed by atoms with Gasteiger partial charge in [0.05, 0.1) is 0 Å². The molecule has 1 aliphatic rings. The standard InChI is InChI=1S/C30H30Si/c1-29(2)25-19-11-13-21-27(25)31(23-15-7-5-8-16-23,24-17-9-6-10-18-24)28-22-14-12-20-26(28)30(29,3)4/h5-22H,1-4H3. The molecule has 1 heterocycles. The number of hydrogen-bond donors (Lipinski definition) is 0. The first-order valence-corrected chi connectivity index (χ1v) is 13.2. The van der Waals surface area contributed by atoms with Crippen LogP contribution in [-0.2, 0) is 10.8 Å². The lowest BCUT2D eigenvalue weighted by Gasteiger charge is -2.42. The van der Waals surface area contributed by atoms with Crippen molar-refractivity contribution in [1.82, 2.24) is 0 Å². The molecule has 0 amide bonds. The van der Waals surface area contributed by atoms with Crippen LogP contribution in [-0.4, -0.2) is 8.07 Å². The third-order valence-electron chi connectivity index (χ3n) is 7.98. The quantitative estimate of drug-likeness (QED) is 0.416. The predicted molar refractivity (Wildman–Crippen MR) is 136 cm³/mol. The van der Waals surface area contributed by atoms with Gasteiger partial charge in [0.1, 0.15) is 0 Å². The van der Waals surface area contributed by atoms with Gasteiger partial charge in [0.2, 0.25) is 0 Å². The normalized spacial score (nSPS) is 17.8. The van der Waals surface area contributed by atoms with Gasteiger partial charge in [-0.05, 0) is 42.7 Å². The van der Waals surface area contributed by atoms with E-state index in [1.54, 1.807) is 0 Å². The highest BCUT2D eigenvalue weighted by Gasteiger charge is 2.53. The summed E-state index contributed by atoms with van der Waals surface area (Å²) in [6, 6.07) is 41.1. The van der Waals surface area contributed by atoms with E-state index in [0.29, 0.717) is 0 Å². The van der Waals surface area contributed by atoms with Crippen LogP contribution in [0.15, 0.2) is 109 Å². The summed E-state index contributed by atoms with van der Waals surface area (Å²) in [7, 11) is -2.50. The summed E-state index contributed by atoms with van der Waals surface area (Å²) in [5.41, 5.74) is 2.93. The molecule has 0 nitrogen and oxygen atoms in total. The van der Waals surface area contributed by atoms with Gasteiger partial charge in [0.25, 0.3) is 0 Å². The van der Waals surface area contributed by atoms with E-state index in [1.807, 2.05) is 0 Å². The fourth-order valence-electron chi connectivity index (χ4n) is 5.69. The second-order valence-corrected chi connectivity index (χ2v) is 13.6. The molecule has 0 unspecified atom stereocenters. The molecule has 4 aromatic carbocycles. The third-order valence-corrected chi connectivity index (χ3v) is 12.9. The summed E-state index contributed by atoms with van der Waals surface area (Å²) in [6.45, 7) is 9.73. The molecule has 0 N–H and O–H groups in total. The Morgan fingerprint density at radius 1 is 0.419 bits per heavy atom. The van der Waals surface area contributed by atoms with E-state index in [2.05, 4.69) is 137 Å². The lowest BCUT2D eigenvalue weighted by molar-refractivity contribution is 0.307. The van der Waals surface area contributed by atoms with Crippen molar-refractivity contribution in [2.45, 2.75) is 38.5 Å². The van der Waals surface area contributed by atoms with Crippen molar-refractivity contribution in [2.75, 3.05) is 0 Å². The molecule has 0 aromatic heterocycles. The smallest absolute Gasteiger partial charge is 0.0623 e. The molecule has 5 rings (SSSR count). The number of fused-ring (bicyclic) bond motifs is 2. The van der Waals surface area contributed by atoms with Crippen LogP contribution in [0.1, 0.15) is 38.8 Å². The maximum atomic E-state index is 2.43. The van der Waals surface area contributed by atoms with Crippen molar-refractivity contribution in [3.05, 3.63) is 120 Å². The Labute approximate surface area is 187 Å². The van der Waals surface area contributed by atoms with Gasteiger partial charge >= 0.3 is 0 Å². The monoisotopic (exact) mass is 418 g/mol. The molecule has 4 aromatic rings. The first-order chi connectivity index (χ1) is 14.9. The Morgan fingerprint density at radius 2 is 0.742 bits per heavy atom. The van der Waals surface area contributed by atoms with E-state index in [1.165, 1.54) is 31.9 Å². The topological polar surface area (TPSA) is 0 Å². The third kappa shape index (κ3) is 2.66. The first-order valence-electron chi connectivity index (χ1n) is 11.2. The van der Waals surface area contributed by atoms with E-state index < -0.39 is 8.07 Å². The van der Waals surface area contributed by atoms with Crippen molar-refractivity contribution in [3.63, 3.8) is 0 Å². The second-order valence-electron chi connectivity index (χ2n) is 9.82. The molecule has 1 heteroatoms. The molecule has 0 saturated carbocycles. The van der Waals surface area contributed by atoms with Crippen LogP contribution < -0.4 is 20.7 Å². The average molecular weight is 419 g/mol. The predicted octanol–water partition coefficient (Wildman–Crippen LogP) is 4.63. The Morgan fingerprint density at radius 3 is 1.13 bits per heavy atom. The highest BCUT2D eigenvalue weighted by molar-refractivity contribution is 7.20. The number of benzene rings is 4. The molecule has 0 aliphatic carbocycles. The highest BCUT2D eigenvalue weighted by Crippen LogP contribution is 2.45. The fourth-order valence-corrected chi connectivity index (χ4v) is 11.2. The van der Waals surface area contributed by atoms with Gasteiger partial charge < -0.3 is 0 Å². The summed E-state index contributed by atoms with van der Waals surface area (Å²) >= 11 is 0. The summed E-state index contributed by atoms with van der Waals surface area (Å²) in [4.78, 5) is 0. The molecule has 0 radical (unpaired) electrons. The second kappa shape index (κ2) is 7.07. The Balaban J connectivity index is 2.08. The van der Waals surface area contributed by atoms with Crippen LogP contribution in [0.4, 0.5) is 0 Å². The first kappa shape index (κ1) is 20.0. The van der Waals surface area contributed by atoms with E-state index >= 15 is 0 Å². The van der Waals surface area contributed by atoms with Crippen LogP contribution >= 0.6 is 0 Å². The highest BCUT2D eigenvalue weighted by atomic mass is 28.3. The molecule has 31 heavy (non-hydrogen) atoms. The van der Waals surface area contributed by atoms with Crippen molar-refractivity contribution in [3.8, 4) is 0 Å². The minimum atomic E-state index is -2.50. The molecule has 0 fully saturated rings. The lowest BCUT2D eigenvalue weighted by atomic mass is 9.61. The molecule has 154 valence electrons. The molecule has 0 saturated heterocycles. The number of rotatable bonds is 2. The Hall–Kier alpha value is -2.90. The van der Waals surface area contributed by atoms with Gasteiger partial charge in [-0.2, -0.15) is 0 Å². The van der Waals surface area contributed by atoms with Gasteiger partial charge in [-0.1, -0.05) is 137 Å². The summed E-state index contributed by atoms with van der Waals surface area (Å²) in [5, 5.41) is 5.95. The van der Waals surface area contributed by atoms with E-state index in [9.17, 15) is 0 Å². The molecule has 0 bridgehead atoms. The van der Waals surface area contributed by atoms with Crippen molar-refractivity contribution in [2.24, 2.45) is 0 Å². The maximum Gasteiger partial charge on any atom is 0.180 e. The van der Waals surface area contributed by atoms with Crippen LogP contribution in [0.25, 0.3) is 0 Å². The molecular weight excluding hydrogens is 388 g/mol. The van der Waals surface area contributed by atoms with Gasteiger partial charge in [0.15, 0.2) is 8.07 Å². The lowest BCUT2D eigenvalue weighted by Crippen LogP contribution is -2.75. The summed E-state index contributed by atoms with van der Waals surface area (Å²) < 4.78 is 0. The zero-order chi connectivity index (χ0) is 21.7. The maximum absolute atomic E-state index is 2.50. The van der Waals surface area contributed by atoms with Crippen molar-refractivity contribution < 1.29 is 0 Å². The van der Waals surface area contributed by atoms with Crippen molar-refractivity contribution >= 4 is 28.8 Å². The van der Waals surface area contributed by atoms with Gasteiger partial charge in [-0.25, -0.2) is 0 Å². The SMILES string of the molecule is CC1(C)c2ccccc2[Si](c2ccccc2)(c2ccccc2)c2ccccc2C1(C)C. The van der Waals surface area contributed by atoms with Crippen molar-refractivity contribution in [1.29, 1.82) is 0 Å². The fraction of sp³-hybridized carbons (Fsp3) is 0.200. The van der Waals surface area contributed by atoms with Crippen LogP contribution in [0, 0.1) is 0 Å². The molecular formula is C30H30Si. The number of hydrogen-bond acceptors (Lipinski definition) is 0. The summed E-state index contributed by atoms with van der Waals surface area (Å²) in [5.74, 6) is 0. The van der Waals surface area contributed by atoms with Crippen LogP contribution in [0.3, 0.4) is 0 Å². The molecule has 0 spiro atoms. The van der Waals surface area contributed by atoms with E-state index in [0.717, 1.165) is 0 Å². The minimum Gasteiger partial charge on any atom is -0.0623 e. The average Bonchev–Trinajstić information content (AvgIpc) is 2.86. The molecule has 0 atom stereocenters. The van der Waals surface area contributed by atoms with Gasteiger partial charge in [-0.15, -0.1) is 0 Å². The summed E-state index contributed by atoms with van der Waals surface area (Å²) in [6.07, 6.45) is 0. The Kier molecular flexibility index (Phi) is 4.57. The minimum absolute atomic E-state index is 0.0159. The van der Waals surface area contributed by atoms with Gasteiger partial charge in [-0.3, -0.25) is 0 Å². The van der Waals surface area contributed by atoms with Crippen LogP contribution in [0.5, 0.6) is 0 Å². The van der Waals surface area contributed by atoms with E-state index in [4.69, 9.17) is 0 Å². The zero-order valence-corrected chi connectivity index (χ0v) is 19.9. The largest absolute Gasteiger partial charge is 0.180 e. The van der Waals surface area contributed by atoms with E-state index in [-0.39, 0.29) is 10.8 Å². The van der Waals surface area contributed by atoms with Crippen LogP contribution in [0.2, 0.25) is 0 Å². The molecule has 1 aliphatic heterocycles. The Bertz CT molecular complexity index is 1120. The zero-order valence-electron chi connectivity index (χ0n) is 18.9. The van der Waals surface area contributed by atoms with Gasteiger partial charge in [0, 0.05) is 0 Å².